The van der Waals surface area contributed by atoms with Crippen molar-refractivity contribution in [3.63, 3.8) is 0 Å². The lowest BCUT2D eigenvalue weighted by Gasteiger charge is -2.26. The van der Waals surface area contributed by atoms with Gasteiger partial charge in [-0.2, -0.15) is 5.10 Å². The highest BCUT2D eigenvalue weighted by Crippen LogP contribution is 2.16. The minimum Gasteiger partial charge on any atom is -0.379 e. The quantitative estimate of drug-likeness (QED) is 0.797. The van der Waals surface area contributed by atoms with Gasteiger partial charge in [0.25, 0.3) is 5.56 Å². The SMILES string of the molecule is O=C(Cn1nc2c(cc1=O)CCCC2)NCCN1CCOCC1. The van der Waals surface area contributed by atoms with Crippen molar-refractivity contribution in [1.29, 1.82) is 0 Å². The Morgan fingerprint density at radius 3 is 2.87 bits per heavy atom. The molecule has 2 heterocycles. The van der Waals surface area contributed by atoms with E-state index in [9.17, 15) is 9.59 Å². The zero-order chi connectivity index (χ0) is 16.1. The molecule has 7 heteroatoms. The van der Waals surface area contributed by atoms with E-state index in [-0.39, 0.29) is 18.0 Å². The van der Waals surface area contributed by atoms with Crippen LogP contribution in [0.2, 0.25) is 0 Å². The number of aryl methyl sites for hydroxylation is 2. The summed E-state index contributed by atoms with van der Waals surface area (Å²) < 4.78 is 6.58. The summed E-state index contributed by atoms with van der Waals surface area (Å²) in [5, 5.41) is 7.23. The second-order valence-electron chi connectivity index (χ2n) is 6.12. The highest BCUT2D eigenvalue weighted by atomic mass is 16.5. The van der Waals surface area contributed by atoms with E-state index in [0.29, 0.717) is 6.54 Å². The molecule has 1 fully saturated rings. The predicted octanol–water partition coefficient (Wildman–Crippen LogP) is -0.429. The van der Waals surface area contributed by atoms with E-state index in [1.165, 1.54) is 4.68 Å². The molecule has 1 amide bonds. The maximum absolute atomic E-state index is 12.0. The van der Waals surface area contributed by atoms with Crippen LogP contribution < -0.4 is 10.9 Å². The van der Waals surface area contributed by atoms with Gasteiger partial charge in [-0.05, 0) is 31.2 Å². The molecule has 1 aliphatic carbocycles. The lowest BCUT2D eigenvalue weighted by atomic mass is 9.97. The topological polar surface area (TPSA) is 76.5 Å². The average Bonchev–Trinajstić information content (AvgIpc) is 2.56. The van der Waals surface area contributed by atoms with Crippen LogP contribution in [0.1, 0.15) is 24.1 Å². The second kappa shape index (κ2) is 7.70. The summed E-state index contributed by atoms with van der Waals surface area (Å²) in [6.45, 7) is 4.70. The van der Waals surface area contributed by atoms with Crippen LogP contribution in [0, 0.1) is 0 Å². The minimum atomic E-state index is -0.186. The van der Waals surface area contributed by atoms with Gasteiger partial charge in [0.05, 0.1) is 18.9 Å². The van der Waals surface area contributed by atoms with Crippen LogP contribution in [0.15, 0.2) is 10.9 Å². The van der Waals surface area contributed by atoms with Gasteiger partial charge < -0.3 is 10.1 Å². The van der Waals surface area contributed by atoms with E-state index in [2.05, 4.69) is 15.3 Å². The minimum absolute atomic E-state index is 0.00474. The third-order valence-corrected chi connectivity index (χ3v) is 4.42. The van der Waals surface area contributed by atoms with Gasteiger partial charge in [0.1, 0.15) is 6.54 Å². The van der Waals surface area contributed by atoms with Gasteiger partial charge in [0, 0.05) is 32.2 Å². The van der Waals surface area contributed by atoms with Gasteiger partial charge >= 0.3 is 0 Å². The molecule has 126 valence electrons. The zero-order valence-electron chi connectivity index (χ0n) is 13.4. The van der Waals surface area contributed by atoms with Crippen molar-refractivity contribution < 1.29 is 9.53 Å². The van der Waals surface area contributed by atoms with Gasteiger partial charge in [-0.15, -0.1) is 0 Å². The molecule has 2 aliphatic rings. The van der Waals surface area contributed by atoms with E-state index in [1.807, 2.05) is 0 Å². The number of ether oxygens (including phenoxy) is 1. The zero-order valence-corrected chi connectivity index (χ0v) is 13.4. The van der Waals surface area contributed by atoms with Crippen molar-refractivity contribution in [2.75, 3.05) is 39.4 Å². The maximum Gasteiger partial charge on any atom is 0.267 e. The van der Waals surface area contributed by atoms with Crippen LogP contribution in [0.5, 0.6) is 0 Å². The van der Waals surface area contributed by atoms with E-state index in [1.54, 1.807) is 6.07 Å². The number of amides is 1. The van der Waals surface area contributed by atoms with Gasteiger partial charge in [-0.3, -0.25) is 14.5 Å². The summed E-state index contributed by atoms with van der Waals surface area (Å²) in [6.07, 6.45) is 4.03. The third kappa shape index (κ3) is 4.39. The lowest BCUT2D eigenvalue weighted by Crippen LogP contribution is -2.42. The number of aromatic nitrogens is 2. The van der Waals surface area contributed by atoms with Crippen LogP contribution in [-0.2, 0) is 28.9 Å². The van der Waals surface area contributed by atoms with Gasteiger partial charge in [-0.25, -0.2) is 4.68 Å². The Balaban J connectivity index is 1.50. The number of fused-ring (bicyclic) bond motifs is 1. The van der Waals surface area contributed by atoms with Gasteiger partial charge in [0.15, 0.2) is 0 Å². The van der Waals surface area contributed by atoms with E-state index in [4.69, 9.17) is 4.74 Å². The summed E-state index contributed by atoms with van der Waals surface area (Å²) in [4.78, 5) is 26.3. The lowest BCUT2D eigenvalue weighted by molar-refractivity contribution is -0.122. The number of carbonyl (C=O) groups excluding carboxylic acids is 1. The molecule has 0 spiro atoms. The summed E-state index contributed by atoms with van der Waals surface area (Å²) in [7, 11) is 0. The highest BCUT2D eigenvalue weighted by molar-refractivity contribution is 5.75. The molecule has 0 unspecified atom stereocenters. The highest BCUT2D eigenvalue weighted by Gasteiger charge is 2.15. The number of rotatable bonds is 5. The summed E-state index contributed by atoms with van der Waals surface area (Å²) >= 11 is 0. The Morgan fingerprint density at radius 1 is 1.26 bits per heavy atom. The van der Waals surface area contributed by atoms with Crippen LogP contribution in [0.4, 0.5) is 0 Å². The molecular formula is C16H24N4O3. The van der Waals surface area contributed by atoms with E-state index in [0.717, 1.165) is 69.8 Å². The van der Waals surface area contributed by atoms with Crippen LogP contribution in [-0.4, -0.2) is 60.0 Å². The molecule has 23 heavy (non-hydrogen) atoms. The number of hydrogen-bond donors (Lipinski definition) is 1. The molecule has 1 aromatic rings. The molecule has 1 aromatic heterocycles. The first-order valence-corrected chi connectivity index (χ1v) is 8.39. The molecule has 1 N–H and O–H groups in total. The molecule has 0 radical (unpaired) electrons. The summed E-state index contributed by atoms with van der Waals surface area (Å²) in [5.41, 5.74) is 1.83. The van der Waals surface area contributed by atoms with Crippen LogP contribution >= 0.6 is 0 Å². The fourth-order valence-electron chi connectivity index (χ4n) is 3.08. The van der Waals surface area contributed by atoms with Gasteiger partial charge in [0.2, 0.25) is 5.91 Å². The predicted molar refractivity (Wildman–Crippen MR) is 85.4 cm³/mol. The van der Waals surface area contributed by atoms with Crippen LogP contribution in [0.25, 0.3) is 0 Å². The molecule has 3 rings (SSSR count). The first kappa shape index (κ1) is 16.1. The Kier molecular flexibility index (Phi) is 5.40. The smallest absolute Gasteiger partial charge is 0.267 e. The van der Waals surface area contributed by atoms with Crippen LogP contribution in [0.3, 0.4) is 0 Å². The van der Waals surface area contributed by atoms with Crippen molar-refractivity contribution in [2.24, 2.45) is 0 Å². The maximum atomic E-state index is 12.0. The number of nitrogens with one attached hydrogen (secondary N) is 1. The molecule has 7 nitrogen and oxygen atoms in total. The molecule has 0 aromatic carbocycles. The number of nitrogens with zero attached hydrogens (tertiary/aromatic N) is 3. The Morgan fingerprint density at radius 2 is 2.04 bits per heavy atom. The Hall–Kier alpha value is -1.73. The van der Waals surface area contributed by atoms with Crippen molar-refractivity contribution >= 4 is 5.91 Å². The first-order valence-electron chi connectivity index (χ1n) is 8.39. The van der Waals surface area contributed by atoms with Gasteiger partial charge in [-0.1, -0.05) is 0 Å². The van der Waals surface area contributed by atoms with Crippen molar-refractivity contribution in [3.05, 3.63) is 27.7 Å². The fourth-order valence-corrected chi connectivity index (χ4v) is 3.08. The Labute approximate surface area is 135 Å². The van der Waals surface area contributed by atoms with Crippen molar-refractivity contribution in [2.45, 2.75) is 32.2 Å². The monoisotopic (exact) mass is 320 g/mol. The molecular weight excluding hydrogens is 296 g/mol. The van der Waals surface area contributed by atoms with Crippen molar-refractivity contribution in [1.82, 2.24) is 20.0 Å². The molecule has 1 aliphatic heterocycles. The fraction of sp³-hybridized carbons (Fsp3) is 0.688. The molecule has 0 saturated carbocycles. The van der Waals surface area contributed by atoms with Crippen molar-refractivity contribution in [3.8, 4) is 0 Å². The molecule has 0 bridgehead atoms. The largest absolute Gasteiger partial charge is 0.379 e. The molecule has 1 saturated heterocycles. The second-order valence-corrected chi connectivity index (χ2v) is 6.12. The Bertz CT molecular complexity index is 608. The van der Waals surface area contributed by atoms with E-state index >= 15 is 0 Å². The summed E-state index contributed by atoms with van der Waals surface area (Å²) in [5.74, 6) is -0.163. The number of carbonyl (C=O) groups is 1. The third-order valence-electron chi connectivity index (χ3n) is 4.42. The van der Waals surface area contributed by atoms with E-state index < -0.39 is 0 Å². The number of hydrogen-bond acceptors (Lipinski definition) is 5. The first-order chi connectivity index (χ1) is 11.2. The average molecular weight is 320 g/mol. The number of morpholine rings is 1. The summed E-state index contributed by atoms with van der Waals surface area (Å²) in [6, 6.07) is 1.64. The molecule has 0 atom stereocenters. The normalized spacial score (nSPS) is 18.4. The standard InChI is InChI=1S/C16H24N4O3/c21-15(17-5-6-19-7-9-23-10-8-19)12-20-16(22)11-13-3-1-2-4-14(13)18-20/h11H,1-10,12H2,(H,17,21).